The standard InChI is InChI=1S/C11H13N3S/c1-8-4-5-10(9(2)6-8)14-7-12-13-11(14)15-3/h4-7H,1-3H3. The van der Waals surface area contributed by atoms with Crippen LogP contribution in [0.4, 0.5) is 0 Å². The zero-order valence-corrected chi connectivity index (χ0v) is 9.88. The second-order valence-electron chi connectivity index (χ2n) is 3.48. The molecule has 15 heavy (non-hydrogen) atoms. The summed E-state index contributed by atoms with van der Waals surface area (Å²) in [5.74, 6) is 0. The number of aromatic nitrogens is 3. The van der Waals surface area contributed by atoms with Crippen molar-refractivity contribution in [3.05, 3.63) is 35.7 Å². The van der Waals surface area contributed by atoms with Crippen molar-refractivity contribution in [3.63, 3.8) is 0 Å². The molecular weight excluding hydrogens is 206 g/mol. The van der Waals surface area contributed by atoms with Crippen LogP contribution < -0.4 is 0 Å². The van der Waals surface area contributed by atoms with Gasteiger partial charge in [0.05, 0.1) is 5.69 Å². The Morgan fingerprint density at radius 2 is 2.07 bits per heavy atom. The molecule has 2 aromatic rings. The van der Waals surface area contributed by atoms with Crippen molar-refractivity contribution in [2.24, 2.45) is 0 Å². The summed E-state index contributed by atoms with van der Waals surface area (Å²) in [6, 6.07) is 6.37. The predicted molar refractivity (Wildman–Crippen MR) is 62.6 cm³/mol. The fraction of sp³-hybridized carbons (Fsp3) is 0.273. The van der Waals surface area contributed by atoms with Crippen LogP contribution in [-0.4, -0.2) is 21.0 Å². The summed E-state index contributed by atoms with van der Waals surface area (Å²) in [5.41, 5.74) is 3.66. The Morgan fingerprint density at radius 1 is 1.27 bits per heavy atom. The number of aryl methyl sites for hydroxylation is 2. The number of rotatable bonds is 2. The Kier molecular flexibility index (Phi) is 2.77. The van der Waals surface area contributed by atoms with E-state index < -0.39 is 0 Å². The second kappa shape index (κ2) is 4.06. The lowest BCUT2D eigenvalue weighted by Crippen LogP contribution is -1.97. The van der Waals surface area contributed by atoms with Crippen molar-refractivity contribution in [3.8, 4) is 5.69 Å². The van der Waals surface area contributed by atoms with Crippen molar-refractivity contribution in [1.82, 2.24) is 14.8 Å². The van der Waals surface area contributed by atoms with Crippen LogP contribution in [0.1, 0.15) is 11.1 Å². The molecule has 2 rings (SSSR count). The quantitative estimate of drug-likeness (QED) is 0.727. The molecule has 0 saturated heterocycles. The first kappa shape index (κ1) is 10.2. The molecule has 0 bridgehead atoms. The summed E-state index contributed by atoms with van der Waals surface area (Å²) in [6.45, 7) is 4.20. The maximum Gasteiger partial charge on any atom is 0.195 e. The van der Waals surface area contributed by atoms with Crippen molar-refractivity contribution < 1.29 is 0 Å². The highest BCUT2D eigenvalue weighted by molar-refractivity contribution is 7.98. The first-order chi connectivity index (χ1) is 7.22. The Balaban J connectivity index is 2.54. The minimum Gasteiger partial charge on any atom is -0.276 e. The molecule has 0 aliphatic carbocycles. The lowest BCUT2D eigenvalue weighted by molar-refractivity contribution is 0.880. The molecular formula is C11H13N3S. The Hall–Kier alpha value is -1.29. The van der Waals surface area contributed by atoms with Gasteiger partial charge in [-0.3, -0.25) is 4.57 Å². The first-order valence-corrected chi connectivity index (χ1v) is 5.96. The summed E-state index contributed by atoms with van der Waals surface area (Å²) in [5, 5.41) is 8.89. The van der Waals surface area contributed by atoms with Gasteiger partial charge < -0.3 is 0 Å². The van der Waals surface area contributed by atoms with E-state index in [1.54, 1.807) is 18.1 Å². The molecule has 0 aliphatic rings. The molecule has 0 N–H and O–H groups in total. The van der Waals surface area contributed by atoms with Gasteiger partial charge in [-0.2, -0.15) is 0 Å². The van der Waals surface area contributed by atoms with E-state index in [-0.39, 0.29) is 0 Å². The lowest BCUT2D eigenvalue weighted by atomic mass is 10.1. The summed E-state index contributed by atoms with van der Waals surface area (Å²) < 4.78 is 2.01. The van der Waals surface area contributed by atoms with Crippen LogP contribution in [-0.2, 0) is 0 Å². The monoisotopic (exact) mass is 219 g/mol. The first-order valence-electron chi connectivity index (χ1n) is 4.74. The third kappa shape index (κ3) is 1.90. The minimum atomic E-state index is 0.918. The molecule has 0 fully saturated rings. The van der Waals surface area contributed by atoms with E-state index in [0.717, 1.165) is 10.8 Å². The van der Waals surface area contributed by atoms with Crippen LogP contribution in [0, 0.1) is 13.8 Å². The number of nitrogens with zero attached hydrogens (tertiary/aromatic N) is 3. The third-order valence-corrected chi connectivity index (χ3v) is 2.95. The maximum absolute atomic E-state index is 4.05. The van der Waals surface area contributed by atoms with E-state index in [1.165, 1.54) is 11.1 Å². The van der Waals surface area contributed by atoms with Gasteiger partial charge in [0.2, 0.25) is 0 Å². The van der Waals surface area contributed by atoms with Crippen LogP contribution >= 0.6 is 11.8 Å². The summed E-state index contributed by atoms with van der Waals surface area (Å²) >= 11 is 1.60. The van der Waals surface area contributed by atoms with E-state index >= 15 is 0 Å². The molecule has 0 unspecified atom stereocenters. The highest BCUT2D eigenvalue weighted by Crippen LogP contribution is 2.20. The SMILES string of the molecule is CSc1nncn1-c1ccc(C)cc1C. The second-order valence-corrected chi connectivity index (χ2v) is 4.25. The molecule has 0 amide bonds. The molecule has 0 aliphatic heterocycles. The lowest BCUT2D eigenvalue weighted by Gasteiger charge is -2.08. The predicted octanol–water partition coefficient (Wildman–Crippen LogP) is 2.61. The van der Waals surface area contributed by atoms with Gasteiger partial charge >= 0.3 is 0 Å². The zero-order chi connectivity index (χ0) is 10.8. The molecule has 78 valence electrons. The van der Waals surface area contributed by atoms with Gasteiger partial charge in [0.15, 0.2) is 5.16 Å². The molecule has 0 radical (unpaired) electrons. The molecule has 3 nitrogen and oxygen atoms in total. The summed E-state index contributed by atoms with van der Waals surface area (Å²) in [7, 11) is 0. The topological polar surface area (TPSA) is 30.7 Å². The number of hydrogen-bond donors (Lipinski definition) is 0. The number of hydrogen-bond acceptors (Lipinski definition) is 3. The fourth-order valence-electron chi connectivity index (χ4n) is 1.60. The average Bonchev–Trinajstić information content (AvgIpc) is 2.65. The normalized spacial score (nSPS) is 10.6. The van der Waals surface area contributed by atoms with Gasteiger partial charge in [0, 0.05) is 0 Å². The molecule has 1 aromatic heterocycles. The van der Waals surface area contributed by atoms with Crippen molar-refractivity contribution >= 4 is 11.8 Å². The number of thioether (sulfide) groups is 1. The van der Waals surface area contributed by atoms with E-state index in [0.29, 0.717) is 0 Å². The molecule has 0 spiro atoms. The van der Waals surface area contributed by atoms with Crippen LogP contribution in [0.5, 0.6) is 0 Å². The Morgan fingerprint density at radius 3 is 2.73 bits per heavy atom. The molecule has 4 heteroatoms. The molecule has 0 saturated carbocycles. The van der Waals surface area contributed by atoms with Gasteiger partial charge in [-0.1, -0.05) is 29.5 Å². The van der Waals surface area contributed by atoms with Gasteiger partial charge in [-0.25, -0.2) is 0 Å². The third-order valence-electron chi connectivity index (χ3n) is 2.31. The van der Waals surface area contributed by atoms with Crippen molar-refractivity contribution in [2.75, 3.05) is 6.26 Å². The van der Waals surface area contributed by atoms with Crippen LogP contribution in [0.15, 0.2) is 29.7 Å². The average molecular weight is 219 g/mol. The van der Waals surface area contributed by atoms with Crippen molar-refractivity contribution in [2.45, 2.75) is 19.0 Å². The van der Waals surface area contributed by atoms with Gasteiger partial charge in [-0.15, -0.1) is 10.2 Å². The van der Waals surface area contributed by atoms with E-state index in [9.17, 15) is 0 Å². The highest BCUT2D eigenvalue weighted by Gasteiger charge is 2.06. The van der Waals surface area contributed by atoms with E-state index in [1.807, 2.05) is 10.8 Å². The van der Waals surface area contributed by atoms with Crippen molar-refractivity contribution in [1.29, 1.82) is 0 Å². The molecule has 1 heterocycles. The Labute approximate surface area is 93.5 Å². The molecule has 1 aromatic carbocycles. The van der Waals surface area contributed by atoms with Gasteiger partial charge in [0.25, 0.3) is 0 Å². The maximum atomic E-state index is 4.05. The highest BCUT2D eigenvalue weighted by atomic mass is 32.2. The number of benzene rings is 1. The Bertz CT molecular complexity index is 476. The van der Waals surface area contributed by atoms with Crippen LogP contribution in [0.25, 0.3) is 5.69 Å². The van der Waals surface area contributed by atoms with Gasteiger partial charge in [0.1, 0.15) is 6.33 Å². The van der Waals surface area contributed by atoms with Crippen LogP contribution in [0.3, 0.4) is 0 Å². The summed E-state index contributed by atoms with van der Waals surface area (Å²) in [6.07, 6.45) is 3.76. The fourth-order valence-corrected chi connectivity index (χ4v) is 2.08. The minimum absolute atomic E-state index is 0.918. The van der Waals surface area contributed by atoms with E-state index in [4.69, 9.17) is 0 Å². The van der Waals surface area contributed by atoms with Crippen LogP contribution in [0.2, 0.25) is 0 Å². The smallest absolute Gasteiger partial charge is 0.195 e. The van der Waals surface area contributed by atoms with Gasteiger partial charge in [-0.05, 0) is 31.7 Å². The largest absolute Gasteiger partial charge is 0.276 e. The summed E-state index contributed by atoms with van der Waals surface area (Å²) in [4.78, 5) is 0. The van der Waals surface area contributed by atoms with E-state index in [2.05, 4.69) is 42.2 Å². The zero-order valence-electron chi connectivity index (χ0n) is 9.06. The molecule has 0 atom stereocenters.